The van der Waals surface area contributed by atoms with Crippen LogP contribution >= 0.6 is 11.6 Å². The number of oxime groups is 1. The monoisotopic (exact) mass is 323 g/mol. The van der Waals surface area contributed by atoms with Gasteiger partial charge in [0.1, 0.15) is 16.5 Å². The van der Waals surface area contributed by atoms with Gasteiger partial charge in [0.15, 0.2) is 0 Å². The van der Waals surface area contributed by atoms with E-state index in [4.69, 9.17) is 22.5 Å². The van der Waals surface area contributed by atoms with Crippen LogP contribution in [-0.2, 0) is 10.0 Å². The van der Waals surface area contributed by atoms with Crippen molar-refractivity contribution in [2.24, 2.45) is 10.9 Å². The second-order valence-corrected chi connectivity index (χ2v) is 6.16. The summed E-state index contributed by atoms with van der Waals surface area (Å²) in [6.45, 7) is 0.147. The molecule has 1 aromatic rings. The van der Waals surface area contributed by atoms with Gasteiger partial charge in [0.2, 0.25) is 10.0 Å². The molecule has 0 radical (unpaired) electrons. The van der Waals surface area contributed by atoms with Crippen molar-refractivity contribution in [2.75, 3.05) is 6.54 Å². The summed E-state index contributed by atoms with van der Waals surface area (Å²) in [4.78, 5) is -0.296. The number of rotatable bonds is 7. The number of unbranched alkanes of at least 4 members (excludes halogenated alkanes) is 1. The molecule has 0 amide bonds. The van der Waals surface area contributed by atoms with E-state index in [9.17, 15) is 12.8 Å². The lowest BCUT2D eigenvalue weighted by atomic mass is 10.2. The second kappa shape index (κ2) is 7.41. The van der Waals surface area contributed by atoms with E-state index in [2.05, 4.69) is 9.88 Å². The number of nitrogens with zero attached hydrogens (tertiary/aromatic N) is 1. The number of nitrogens with two attached hydrogens (primary N) is 1. The summed E-state index contributed by atoms with van der Waals surface area (Å²) in [5.74, 6) is -0.595. The first-order chi connectivity index (χ1) is 9.36. The molecule has 20 heavy (non-hydrogen) atoms. The van der Waals surface area contributed by atoms with Crippen LogP contribution in [0.1, 0.15) is 19.3 Å². The molecule has 0 saturated carbocycles. The zero-order valence-electron chi connectivity index (χ0n) is 10.5. The van der Waals surface area contributed by atoms with Gasteiger partial charge in [0, 0.05) is 13.0 Å². The fourth-order valence-electron chi connectivity index (χ4n) is 1.45. The van der Waals surface area contributed by atoms with Crippen molar-refractivity contribution in [2.45, 2.75) is 24.2 Å². The van der Waals surface area contributed by atoms with E-state index in [-0.39, 0.29) is 22.3 Å². The summed E-state index contributed by atoms with van der Waals surface area (Å²) in [6, 6.07) is 3.13. The van der Waals surface area contributed by atoms with E-state index in [1.54, 1.807) is 0 Å². The third kappa shape index (κ3) is 4.95. The van der Waals surface area contributed by atoms with Gasteiger partial charge < -0.3 is 10.9 Å². The Morgan fingerprint density at radius 1 is 1.45 bits per heavy atom. The normalized spacial score (nSPS) is 12.6. The first kappa shape index (κ1) is 16.7. The molecule has 0 saturated heterocycles. The van der Waals surface area contributed by atoms with Crippen LogP contribution in [0.4, 0.5) is 4.39 Å². The summed E-state index contributed by atoms with van der Waals surface area (Å²) in [6.07, 6.45) is 1.40. The Bertz CT molecular complexity index is 593. The van der Waals surface area contributed by atoms with Crippen molar-refractivity contribution in [3.63, 3.8) is 0 Å². The molecule has 0 bridgehead atoms. The average Bonchev–Trinajstić information content (AvgIpc) is 2.40. The minimum absolute atomic E-state index is 0.0458. The maximum atomic E-state index is 13.0. The summed E-state index contributed by atoms with van der Waals surface area (Å²) in [5, 5.41) is 11.1. The topological polar surface area (TPSA) is 105 Å². The van der Waals surface area contributed by atoms with Crippen molar-refractivity contribution >= 4 is 27.5 Å². The lowest BCUT2D eigenvalue weighted by Crippen LogP contribution is -2.25. The van der Waals surface area contributed by atoms with Gasteiger partial charge in [-0.2, -0.15) is 0 Å². The van der Waals surface area contributed by atoms with Crippen LogP contribution in [-0.4, -0.2) is 26.0 Å². The molecule has 0 fully saturated rings. The molecule has 0 unspecified atom stereocenters. The zero-order valence-corrected chi connectivity index (χ0v) is 12.1. The van der Waals surface area contributed by atoms with Crippen LogP contribution in [0.5, 0.6) is 0 Å². The van der Waals surface area contributed by atoms with Crippen LogP contribution in [0, 0.1) is 5.82 Å². The molecule has 0 aliphatic heterocycles. The fourth-order valence-corrected chi connectivity index (χ4v) is 3.03. The second-order valence-electron chi connectivity index (χ2n) is 4.02. The molecule has 0 atom stereocenters. The Morgan fingerprint density at radius 2 is 2.15 bits per heavy atom. The minimum atomic E-state index is -3.85. The SMILES string of the molecule is N/C(CCCCNS(=O)(=O)c1cc(F)ccc1Cl)=N/O. The van der Waals surface area contributed by atoms with Gasteiger partial charge in [0.25, 0.3) is 0 Å². The van der Waals surface area contributed by atoms with Crippen LogP contribution in [0.3, 0.4) is 0 Å². The van der Waals surface area contributed by atoms with E-state index in [1.165, 1.54) is 6.07 Å². The van der Waals surface area contributed by atoms with Crippen molar-refractivity contribution < 1.29 is 18.0 Å². The first-order valence-electron chi connectivity index (χ1n) is 5.78. The van der Waals surface area contributed by atoms with E-state index in [0.717, 1.165) is 12.1 Å². The Labute approximate surface area is 121 Å². The van der Waals surface area contributed by atoms with Gasteiger partial charge in [-0.1, -0.05) is 16.8 Å². The lowest BCUT2D eigenvalue weighted by molar-refractivity contribution is 0.316. The van der Waals surface area contributed by atoms with Crippen LogP contribution in [0.25, 0.3) is 0 Å². The van der Waals surface area contributed by atoms with Crippen molar-refractivity contribution in [1.29, 1.82) is 0 Å². The number of sulfonamides is 1. The van der Waals surface area contributed by atoms with Crippen molar-refractivity contribution in [3.05, 3.63) is 29.0 Å². The highest BCUT2D eigenvalue weighted by Gasteiger charge is 2.18. The van der Waals surface area contributed by atoms with Gasteiger partial charge in [-0.15, -0.1) is 0 Å². The minimum Gasteiger partial charge on any atom is -0.409 e. The van der Waals surface area contributed by atoms with Gasteiger partial charge in [-0.3, -0.25) is 0 Å². The van der Waals surface area contributed by atoms with Crippen LogP contribution in [0.2, 0.25) is 5.02 Å². The van der Waals surface area contributed by atoms with Gasteiger partial charge in [0.05, 0.1) is 5.02 Å². The molecule has 0 aliphatic carbocycles. The molecular formula is C11H15ClFN3O3S. The number of benzene rings is 1. The summed E-state index contributed by atoms with van der Waals surface area (Å²) >= 11 is 5.74. The summed E-state index contributed by atoms with van der Waals surface area (Å²) in [7, 11) is -3.85. The van der Waals surface area contributed by atoms with Gasteiger partial charge >= 0.3 is 0 Å². The highest BCUT2D eigenvalue weighted by atomic mass is 35.5. The average molecular weight is 324 g/mol. The maximum absolute atomic E-state index is 13.0. The molecule has 0 aliphatic rings. The van der Waals surface area contributed by atoms with Gasteiger partial charge in [-0.05, 0) is 31.0 Å². The Kier molecular flexibility index (Phi) is 6.18. The number of halogens is 2. The summed E-state index contributed by atoms with van der Waals surface area (Å²) in [5.41, 5.74) is 5.27. The Balaban J connectivity index is 2.56. The molecule has 6 nitrogen and oxygen atoms in total. The highest BCUT2D eigenvalue weighted by molar-refractivity contribution is 7.89. The van der Waals surface area contributed by atoms with Crippen molar-refractivity contribution in [1.82, 2.24) is 4.72 Å². The Morgan fingerprint density at radius 3 is 2.80 bits per heavy atom. The molecule has 0 aromatic heterocycles. The molecular weight excluding hydrogens is 309 g/mol. The molecule has 9 heteroatoms. The smallest absolute Gasteiger partial charge is 0.242 e. The zero-order chi connectivity index (χ0) is 15.2. The molecule has 4 N–H and O–H groups in total. The van der Waals surface area contributed by atoms with Crippen LogP contribution in [0.15, 0.2) is 28.3 Å². The standard InChI is InChI=1S/C11H15ClFN3O3S/c12-9-5-4-8(13)7-10(9)20(18,19)15-6-2-1-3-11(14)16-17/h4-5,7,15,17H,1-3,6H2,(H2,14,16). The molecule has 0 spiro atoms. The van der Waals surface area contributed by atoms with Gasteiger partial charge in [-0.25, -0.2) is 17.5 Å². The van der Waals surface area contributed by atoms with E-state index in [0.29, 0.717) is 19.3 Å². The number of nitrogens with one attached hydrogen (secondary N) is 1. The predicted molar refractivity (Wildman–Crippen MR) is 73.9 cm³/mol. The Hall–Kier alpha value is -1.38. The molecule has 112 valence electrons. The molecule has 1 rings (SSSR count). The quantitative estimate of drug-likeness (QED) is 0.233. The number of hydrogen-bond donors (Lipinski definition) is 3. The fraction of sp³-hybridized carbons (Fsp3) is 0.364. The van der Waals surface area contributed by atoms with E-state index >= 15 is 0 Å². The molecule has 1 aromatic carbocycles. The third-order valence-corrected chi connectivity index (χ3v) is 4.41. The van der Waals surface area contributed by atoms with Crippen LogP contribution < -0.4 is 10.5 Å². The highest BCUT2D eigenvalue weighted by Crippen LogP contribution is 2.21. The summed E-state index contributed by atoms with van der Waals surface area (Å²) < 4.78 is 39.2. The third-order valence-electron chi connectivity index (χ3n) is 2.46. The molecule has 0 heterocycles. The first-order valence-corrected chi connectivity index (χ1v) is 7.64. The van der Waals surface area contributed by atoms with E-state index in [1.807, 2.05) is 0 Å². The lowest BCUT2D eigenvalue weighted by Gasteiger charge is -2.08. The number of hydrogen-bond acceptors (Lipinski definition) is 4. The van der Waals surface area contributed by atoms with E-state index < -0.39 is 15.8 Å². The predicted octanol–water partition coefficient (Wildman–Crippen LogP) is 1.67. The largest absolute Gasteiger partial charge is 0.409 e. The maximum Gasteiger partial charge on any atom is 0.242 e. The number of amidine groups is 1. The van der Waals surface area contributed by atoms with Crippen molar-refractivity contribution in [3.8, 4) is 0 Å².